The molecule has 1 heterocycles. The van der Waals surface area contributed by atoms with Crippen LogP contribution in [0, 0.1) is 0 Å². The highest BCUT2D eigenvalue weighted by molar-refractivity contribution is 6.73. The maximum absolute atomic E-state index is 4.76. The van der Waals surface area contributed by atoms with Crippen molar-refractivity contribution in [1.82, 2.24) is 9.55 Å². The fourth-order valence-corrected chi connectivity index (χ4v) is 6.23. The Hall–Kier alpha value is -4.15. The normalized spacial score (nSPS) is 12.1. The van der Waals surface area contributed by atoms with Gasteiger partial charge in [0.2, 0.25) is 7.28 Å². The van der Waals surface area contributed by atoms with Gasteiger partial charge in [-0.3, -0.25) is 4.98 Å². The monoisotopic (exact) mass is 508 g/mol. The molecule has 5 rings (SSSR count). The van der Waals surface area contributed by atoms with Crippen molar-refractivity contribution in [2.24, 2.45) is 0 Å². The van der Waals surface area contributed by atoms with Gasteiger partial charge in [-0.25, -0.2) is 0 Å². The smallest absolute Gasteiger partial charge is 0.239 e. The standard InChI is InChI=1S/C34H33BN2Si/c1-5-14-28(15-6-1)26-33(31-20-11-4-12-21-31)35-34-36-23-24-37(34)27-38-25-13-22-32(29-16-7-2-8-17-29)30-18-9-3-10-19-30/h1-24,26,32,35H,25,27,38H2. The minimum Gasteiger partial charge on any atom is -0.346 e. The Morgan fingerprint density at radius 2 is 1.34 bits per heavy atom. The van der Waals surface area contributed by atoms with Gasteiger partial charge in [-0.15, -0.1) is 0 Å². The third kappa shape index (κ3) is 6.99. The molecule has 0 saturated heterocycles. The van der Waals surface area contributed by atoms with Crippen molar-refractivity contribution >= 4 is 34.1 Å². The summed E-state index contributed by atoms with van der Waals surface area (Å²) in [4.78, 5) is 4.76. The number of allylic oxidation sites excluding steroid dienone is 2. The molecule has 4 heteroatoms. The minimum atomic E-state index is -0.319. The van der Waals surface area contributed by atoms with Crippen molar-refractivity contribution in [3.05, 3.63) is 168 Å². The zero-order valence-corrected chi connectivity index (χ0v) is 23.1. The maximum Gasteiger partial charge on any atom is 0.239 e. The van der Waals surface area contributed by atoms with Crippen LogP contribution in [0.5, 0.6) is 0 Å². The molecule has 0 radical (unpaired) electrons. The molecule has 0 atom stereocenters. The zero-order chi connectivity index (χ0) is 25.8. The van der Waals surface area contributed by atoms with Gasteiger partial charge in [-0.1, -0.05) is 145 Å². The molecular formula is C34H33BN2Si. The molecule has 0 saturated carbocycles. The van der Waals surface area contributed by atoms with E-state index in [1.807, 2.05) is 6.20 Å². The molecule has 0 aliphatic heterocycles. The lowest BCUT2D eigenvalue weighted by Gasteiger charge is -2.14. The Balaban J connectivity index is 1.25. The van der Waals surface area contributed by atoms with Crippen LogP contribution in [0.15, 0.2) is 146 Å². The topological polar surface area (TPSA) is 17.8 Å². The van der Waals surface area contributed by atoms with Gasteiger partial charge in [0, 0.05) is 34.0 Å². The molecular weight excluding hydrogens is 475 g/mol. The van der Waals surface area contributed by atoms with Gasteiger partial charge in [0.05, 0.1) is 5.72 Å². The molecule has 0 spiro atoms. The van der Waals surface area contributed by atoms with E-state index in [-0.39, 0.29) is 9.52 Å². The van der Waals surface area contributed by atoms with E-state index in [0.717, 1.165) is 19.2 Å². The van der Waals surface area contributed by atoms with E-state index in [1.165, 1.54) is 33.8 Å². The van der Waals surface area contributed by atoms with Gasteiger partial charge in [-0.05, 0) is 28.3 Å². The Morgan fingerprint density at radius 1 is 0.763 bits per heavy atom. The molecule has 0 fully saturated rings. The summed E-state index contributed by atoms with van der Waals surface area (Å²) in [5.74, 6) is 0.298. The lowest BCUT2D eigenvalue weighted by Crippen LogP contribution is -2.29. The number of benzene rings is 4. The average molecular weight is 509 g/mol. The van der Waals surface area contributed by atoms with Crippen molar-refractivity contribution in [2.75, 3.05) is 0 Å². The SMILES string of the molecule is B(C(=Cc1ccccc1)c1ccccc1)c1nccn1C[SiH2]CC=CC(c1ccccc1)c1ccccc1. The Morgan fingerprint density at radius 3 is 1.97 bits per heavy atom. The fourth-order valence-electron chi connectivity index (χ4n) is 4.87. The predicted octanol–water partition coefficient (Wildman–Crippen LogP) is 6.08. The van der Waals surface area contributed by atoms with Crippen LogP contribution >= 0.6 is 0 Å². The first kappa shape index (κ1) is 25.5. The second kappa shape index (κ2) is 13.4. The van der Waals surface area contributed by atoms with Crippen LogP contribution in [-0.4, -0.2) is 26.4 Å². The Bertz CT molecular complexity index is 1410. The van der Waals surface area contributed by atoms with E-state index in [4.69, 9.17) is 4.98 Å². The number of hydrogen-bond donors (Lipinski definition) is 0. The number of nitrogens with zero attached hydrogens (tertiary/aromatic N) is 2. The number of rotatable bonds is 11. The quantitative estimate of drug-likeness (QED) is 0.0916. The van der Waals surface area contributed by atoms with Crippen molar-refractivity contribution in [3.8, 4) is 0 Å². The highest BCUT2D eigenvalue weighted by Crippen LogP contribution is 2.26. The van der Waals surface area contributed by atoms with Gasteiger partial charge in [0.25, 0.3) is 0 Å². The molecule has 0 aliphatic rings. The van der Waals surface area contributed by atoms with Crippen molar-refractivity contribution in [1.29, 1.82) is 0 Å². The highest BCUT2D eigenvalue weighted by atomic mass is 28.2. The van der Waals surface area contributed by atoms with E-state index >= 15 is 0 Å². The molecule has 0 aliphatic carbocycles. The number of imidazole rings is 1. The predicted molar refractivity (Wildman–Crippen MR) is 167 cm³/mol. The molecule has 186 valence electrons. The lowest BCUT2D eigenvalue weighted by molar-refractivity contribution is 0.902. The van der Waals surface area contributed by atoms with Gasteiger partial charge in [0.15, 0.2) is 0 Å². The van der Waals surface area contributed by atoms with Crippen LogP contribution < -0.4 is 5.72 Å². The van der Waals surface area contributed by atoms with E-state index in [2.05, 4.69) is 150 Å². The third-order valence-electron chi connectivity index (χ3n) is 6.85. The molecule has 0 unspecified atom stereocenters. The van der Waals surface area contributed by atoms with E-state index in [0.29, 0.717) is 5.92 Å². The molecule has 4 aromatic carbocycles. The lowest BCUT2D eigenvalue weighted by atomic mass is 9.65. The summed E-state index contributed by atoms with van der Waals surface area (Å²) >= 11 is 0. The van der Waals surface area contributed by atoms with E-state index in [9.17, 15) is 0 Å². The molecule has 5 aromatic rings. The zero-order valence-electron chi connectivity index (χ0n) is 21.7. The Labute approximate surface area is 229 Å². The average Bonchev–Trinajstić information content (AvgIpc) is 3.43. The molecule has 38 heavy (non-hydrogen) atoms. The van der Waals surface area contributed by atoms with Crippen LogP contribution in [0.1, 0.15) is 28.2 Å². The van der Waals surface area contributed by atoms with Crippen LogP contribution in [0.2, 0.25) is 6.04 Å². The molecule has 0 bridgehead atoms. The molecule has 2 nitrogen and oxygen atoms in total. The highest BCUT2D eigenvalue weighted by Gasteiger charge is 2.12. The Kier molecular flexibility index (Phi) is 9.00. The molecule has 0 N–H and O–H groups in total. The number of hydrogen-bond acceptors (Lipinski definition) is 1. The summed E-state index contributed by atoms with van der Waals surface area (Å²) in [5.41, 5.74) is 7.58. The first-order chi connectivity index (χ1) is 18.9. The van der Waals surface area contributed by atoms with Crippen molar-refractivity contribution in [2.45, 2.75) is 18.1 Å². The first-order valence-corrected chi connectivity index (χ1v) is 15.4. The molecule has 1 aromatic heterocycles. The second-order valence-corrected chi connectivity index (χ2v) is 11.3. The summed E-state index contributed by atoms with van der Waals surface area (Å²) in [7, 11) is 0.501. The third-order valence-corrected chi connectivity index (χ3v) is 8.39. The van der Waals surface area contributed by atoms with Crippen molar-refractivity contribution in [3.63, 3.8) is 0 Å². The second-order valence-electron chi connectivity index (χ2n) is 9.53. The maximum atomic E-state index is 4.76. The summed E-state index contributed by atoms with van der Waals surface area (Å²) in [6.45, 7) is 0. The summed E-state index contributed by atoms with van der Waals surface area (Å²) in [6, 6.07) is 44.0. The molecule has 0 amide bonds. The van der Waals surface area contributed by atoms with Crippen LogP contribution in [0.4, 0.5) is 0 Å². The minimum absolute atomic E-state index is 0.298. The first-order valence-electron chi connectivity index (χ1n) is 13.4. The van der Waals surface area contributed by atoms with E-state index < -0.39 is 0 Å². The summed E-state index contributed by atoms with van der Waals surface area (Å²) in [6.07, 6.45) is 12.3. The summed E-state index contributed by atoms with van der Waals surface area (Å²) in [5, 5.41) is 0. The fraction of sp³-hybridized carbons (Fsp3) is 0.0882. The van der Waals surface area contributed by atoms with Crippen molar-refractivity contribution < 1.29 is 0 Å². The summed E-state index contributed by atoms with van der Waals surface area (Å²) < 4.78 is 2.37. The van der Waals surface area contributed by atoms with Gasteiger partial charge >= 0.3 is 0 Å². The number of aromatic nitrogens is 2. The van der Waals surface area contributed by atoms with Gasteiger partial charge < -0.3 is 4.57 Å². The largest absolute Gasteiger partial charge is 0.346 e. The van der Waals surface area contributed by atoms with Crippen LogP contribution in [0.25, 0.3) is 11.5 Å². The van der Waals surface area contributed by atoms with Crippen LogP contribution in [-0.2, 0) is 6.17 Å². The van der Waals surface area contributed by atoms with E-state index in [1.54, 1.807) is 0 Å². The van der Waals surface area contributed by atoms with Gasteiger partial charge in [-0.2, -0.15) is 0 Å². The van der Waals surface area contributed by atoms with Crippen LogP contribution in [0.3, 0.4) is 0 Å². The van der Waals surface area contributed by atoms with Gasteiger partial charge in [0.1, 0.15) is 0 Å².